The maximum atomic E-state index is 10.6. The van der Waals surface area contributed by atoms with Crippen LogP contribution in [0.1, 0.15) is 0 Å². The molecule has 0 fully saturated rings. The molecule has 0 aliphatic rings. The van der Waals surface area contributed by atoms with Gasteiger partial charge in [-0.15, -0.1) is 0 Å². The summed E-state index contributed by atoms with van der Waals surface area (Å²) in [6.45, 7) is 0. The van der Waals surface area contributed by atoms with E-state index in [1.54, 1.807) is 6.07 Å². The Labute approximate surface area is 78.2 Å². The minimum absolute atomic E-state index is 0.0937. The zero-order valence-electron chi connectivity index (χ0n) is 6.97. The number of non-ortho nitro benzene ring substituents is 1. The molecule has 0 amide bonds. The molecule has 14 heavy (non-hydrogen) atoms. The van der Waals surface area contributed by atoms with Gasteiger partial charge in [-0.3, -0.25) is 10.1 Å². The summed E-state index contributed by atoms with van der Waals surface area (Å²) in [5, 5.41) is 14.5. The van der Waals surface area contributed by atoms with Crippen molar-refractivity contribution in [2.75, 3.05) is 0 Å². The Morgan fingerprint density at radius 3 is 3.00 bits per heavy atom. The molecule has 0 atom stereocenters. The van der Waals surface area contributed by atoms with Gasteiger partial charge >= 0.3 is 5.69 Å². The van der Waals surface area contributed by atoms with Gasteiger partial charge in [0.05, 0.1) is 10.3 Å². The first-order valence-electron chi connectivity index (χ1n) is 3.69. The Balaban J connectivity index is 2.76. The highest BCUT2D eigenvalue weighted by atomic mass is 16.6. The van der Waals surface area contributed by atoms with E-state index in [0.717, 1.165) is 0 Å². The Bertz CT molecular complexity index is 491. The van der Waals surface area contributed by atoms with Gasteiger partial charge in [-0.1, -0.05) is 6.07 Å². The molecule has 6 heteroatoms. The predicted molar refractivity (Wildman–Crippen MR) is 46.6 cm³/mol. The smallest absolute Gasteiger partial charge is 0.315 e. The van der Waals surface area contributed by atoms with Crippen LogP contribution < -0.4 is 4.74 Å². The summed E-state index contributed by atoms with van der Waals surface area (Å²) in [4.78, 5) is 10.0. The predicted octanol–water partition coefficient (Wildman–Crippen LogP) is 1.91. The van der Waals surface area contributed by atoms with Gasteiger partial charge in [0.1, 0.15) is 7.11 Å². The molecule has 2 aromatic rings. The molecule has 2 rings (SSSR count). The van der Waals surface area contributed by atoms with E-state index >= 15 is 0 Å². The lowest BCUT2D eigenvalue weighted by Gasteiger charge is -1.91. The third-order valence-corrected chi connectivity index (χ3v) is 1.78. The van der Waals surface area contributed by atoms with E-state index in [-0.39, 0.29) is 17.2 Å². The molecular weight excluding hydrogens is 188 g/mol. The van der Waals surface area contributed by atoms with Crippen LogP contribution in [0.4, 0.5) is 5.69 Å². The number of hydrogen-bond acceptors (Lipinski definition) is 5. The highest BCUT2D eigenvalue weighted by Crippen LogP contribution is 2.31. The summed E-state index contributed by atoms with van der Waals surface area (Å²) in [6, 6.07) is 4.47. The van der Waals surface area contributed by atoms with Crippen molar-refractivity contribution in [3.8, 4) is 5.88 Å². The zero-order valence-corrected chi connectivity index (χ0v) is 6.97. The number of para-hydroxylation sites is 1. The number of nitrogens with zero attached hydrogens (tertiary/aromatic N) is 2. The quantitative estimate of drug-likeness (QED) is 0.537. The van der Waals surface area contributed by atoms with E-state index < -0.39 is 4.92 Å². The number of fused-ring (bicyclic) bond motifs is 1. The summed E-state index contributed by atoms with van der Waals surface area (Å²) < 4.78 is 9.40. The van der Waals surface area contributed by atoms with E-state index in [2.05, 4.69) is 17.0 Å². The summed E-state index contributed by atoms with van der Waals surface area (Å²) in [5.74, 6) is 0.142. The molecule has 0 unspecified atom stereocenters. The molecule has 0 saturated carbocycles. The lowest BCUT2D eigenvalue weighted by Crippen LogP contribution is -1.87. The van der Waals surface area contributed by atoms with Gasteiger partial charge in [-0.2, -0.15) is 0 Å². The van der Waals surface area contributed by atoms with Gasteiger partial charge in [-0.05, 0) is 11.2 Å². The summed E-state index contributed by atoms with van der Waals surface area (Å²) in [6.07, 6.45) is 0. The van der Waals surface area contributed by atoms with Crippen LogP contribution in [-0.4, -0.2) is 10.1 Å². The fourth-order valence-electron chi connectivity index (χ4n) is 1.17. The maximum absolute atomic E-state index is 10.6. The van der Waals surface area contributed by atoms with E-state index in [9.17, 15) is 10.1 Å². The van der Waals surface area contributed by atoms with Crippen LogP contribution in [0.2, 0.25) is 0 Å². The average Bonchev–Trinajstić information content (AvgIpc) is 2.59. The number of hydrogen-bond donors (Lipinski definition) is 0. The van der Waals surface area contributed by atoms with Crippen molar-refractivity contribution in [2.24, 2.45) is 0 Å². The van der Waals surface area contributed by atoms with E-state index in [4.69, 9.17) is 4.52 Å². The third kappa shape index (κ3) is 1.08. The molecule has 0 spiro atoms. The summed E-state index contributed by atoms with van der Waals surface area (Å²) >= 11 is 0. The van der Waals surface area contributed by atoms with Crippen molar-refractivity contribution >= 4 is 16.7 Å². The number of aromatic nitrogens is 1. The van der Waals surface area contributed by atoms with Gasteiger partial charge in [0.2, 0.25) is 5.58 Å². The molecule has 1 radical (unpaired) electrons. The van der Waals surface area contributed by atoms with Gasteiger partial charge in [-0.25, -0.2) is 0 Å². The number of rotatable bonds is 2. The minimum atomic E-state index is -0.541. The fourth-order valence-corrected chi connectivity index (χ4v) is 1.17. The number of nitro benzene ring substituents is 1. The molecule has 71 valence electrons. The van der Waals surface area contributed by atoms with Crippen LogP contribution >= 0.6 is 0 Å². The van der Waals surface area contributed by atoms with Crippen molar-refractivity contribution in [3.05, 3.63) is 35.4 Å². The largest absolute Gasteiger partial charge is 0.471 e. The Morgan fingerprint density at radius 2 is 2.36 bits per heavy atom. The summed E-state index contributed by atoms with van der Waals surface area (Å²) in [5.41, 5.74) is -0.0468. The normalized spacial score (nSPS) is 10.4. The maximum Gasteiger partial charge on any atom is 0.315 e. The van der Waals surface area contributed by atoms with Crippen LogP contribution in [0.25, 0.3) is 11.0 Å². The lowest BCUT2D eigenvalue weighted by atomic mass is 10.2. The van der Waals surface area contributed by atoms with Gasteiger partial charge in [0, 0.05) is 6.07 Å². The summed E-state index contributed by atoms with van der Waals surface area (Å²) in [7, 11) is 3.16. The highest BCUT2D eigenvalue weighted by Gasteiger charge is 2.18. The topological polar surface area (TPSA) is 78.4 Å². The molecule has 0 N–H and O–H groups in total. The van der Waals surface area contributed by atoms with Crippen molar-refractivity contribution in [1.82, 2.24) is 5.16 Å². The second kappa shape index (κ2) is 2.99. The molecule has 0 aliphatic carbocycles. The van der Waals surface area contributed by atoms with Crippen LogP contribution in [0.15, 0.2) is 22.7 Å². The third-order valence-electron chi connectivity index (χ3n) is 1.78. The van der Waals surface area contributed by atoms with Crippen LogP contribution in [-0.2, 0) is 0 Å². The molecule has 1 heterocycles. The SMILES string of the molecule is [CH2]Oc1noc2c([N+](=O)[O-])cccc12. The van der Waals surface area contributed by atoms with Crippen molar-refractivity contribution in [3.63, 3.8) is 0 Å². The van der Waals surface area contributed by atoms with Gasteiger partial charge in [0.15, 0.2) is 0 Å². The minimum Gasteiger partial charge on any atom is -0.471 e. The average molecular weight is 193 g/mol. The Kier molecular flexibility index (Phi) is 1.81. The molecule has 1 aromatic carbocycles. The number of ether oxygens (including phenoxy) is 1. The van der Waals surface area contributed by atoms with Crippen molar-refractivity contribution < 1.29 is 14.2 Å². The van der Waals surface area contributed by atoms with Crippen LogP contribution in [0, 0.1) is 17.2 Å². The first-order chi connectivity index (χ1) is 6.74. The Hall–Kier alpha value is -2.11. The number of nitro groups is 1. The first kappa shape index (κ1) is 8.49. The van der Waals surface area contributed by atoms with Gasteiger partial charge < -0.3 is 9.26 Å². The van der Waals surface area contributed by atoms with Crippen molar-refractivity contribution in [2.45, 2.75) is 0 Å². The molecular formula is C8H5N2O4. The molecule has 0 saturated heterocycles. The Morgan fingerprint density at radius 1 is 1.57 bits per heavy atom. The molecule has 6 nitrogen and oxygen atoms in total. The van der Waals surface area contributed by atoms with Gasteiger partial charge in [0.25, 0.3) is 5.88 Å². The molecule has 1 aromatic heterocycles. The number of benzene rings is 1. The standard InChI is InChI=1S/C8H5N2O4/c1-13-8-5-3-2-4-6(10(11)12)7(5)14-9-8/h2-4H,1H2. The first-order valence-corrected chi connectivity index (χ1v) is 3.69. The van der Waals surface area contributed by atoms with Crippen molar-refractivity contribution in [1.29, 1.82) is 0 Å². The fraction of sp³-hybridized carbons (Fsp3) is 0. The molecule has 0 aliphatic heterocycles. The molecule has 0 bridgehead atoms. The van der Waals surface area contributed by atoms with Crippen LogP contribution in [0.5, 0.6) is 5.88 Å². The lowest BCUT2D eigenvalue weighted by molar-refractivity contribution is -0.383. The second-order valence-electron chi connectivity index (χ2n) is 2.54. The van der Waals surface area contributed by atoms with E-state index in [1.165, 1.54) is 12.1 Å². The highest BCUT2D eigenvalue weighted by molar-refractivity contribution is 5.89. The van der Waals surface area contributed by atoms with Crippen LogP contribution in [0.3, 0.4) is 0 Å². The van der Waals surface area contributed by atoms with E-state index in [1.807, 2.05) is 0 Å². The second-order valence-corrected chi connectivity index (χ2v) is 2.54. The van der Waals surface area contributed by atoms with E-state index in [0.29, 0.717) is 5.39 Å². The zero-order chi connectivity index (χ0) is 10.1. The monoisotopic (exact) mass is 193 g/mol.